The molecule has 3 rings (SSSR count). The Bertz CT molecular complexity index is 786. The van der Waals surface area contributed by atoms with Crippen LogP contribution in [0.4, 0.5) is 0 Å². The SMILES string of the molecule is COC(=O)c1sc(Oc2ccc(-c3nnco3)cc2)nc1Cl. The highest BCUT2D eigenvalue weighted by molar-refractivity contribution is 7.15. The molecular formula is C13H8ClN3O4S. The average Bonchev–Trinajstić information content (AvgIpc) is 3.17. The van der Waals surface area contributed by atoms with Crippen LogP contribution in [0.2, 0.25) is 5.15 Å². The number of nitrogens with zero attached hydrogens (tertiary/aromatic N) is 3. The van der Waals surface area contributed by atoms with Gasteiger partial charge in [-0.3, -0.25) is 0 Å². The van der Waals surface area contributed by atoms with E-state index in [1.807, 2.05) is 0 Å². The van der Waals surface area contributed by atoms with Crippen molar-refractivity contribution in [3.05, 3.63) is 40.7 Å². The number of ether oxygens (including phenoxy) is 2. The summed E-state index contributed by atoms with van der Waals surface area (Å²) in [4.78, 5) is 15.6. The van der Waals surface area contributed by atoms with Gasteiger partial charge >= 0.3 is 5.97 Å². The molecule has 22 heavy (non-hydrogen) atoms. The van der Waals surface area contributed by atoms with Crippen LogP contribution in [0.15, 0.2) is 35.1 Å². The zero-order valence-corrected chi connectivity index (χ0v) is 12.7. The number of carbonyl (C=O) groups is 1. The molecule has 2 aromatic heterocycles. The Balaban J connectivity index is 1.77. The third-order valence-electron chi connectivity index (χ3n) is 2.60. The van der Waals surface area contributed by atoms with E-state index in [1.54, 1.807) is 24.3 Å². The fourth-order valence-corrected chi connectivity index (χ4v) is 2.68. The lowest BCUT2D eigenvalue weighted by Crippen LogP contribution is -1.98. The van der Waals surface area contributed by atoms with Gasteiger partial charge < -0.3 is 13.9 Å². The second-order valence-electron chi connectivity index (χ2n) is 3.96. The van der Waals surface area contributed by atoms with Crippen LogP contribution in [0, 0.1) is 0 Å². The maximum Gasteiger partial charge on any atom is 0.351 e. The van der Waals surface area contributed by atoms with Crippen molar-refractivity contribution in [2.24, 2.45) is 0 Å². The van der Waals surface area contributed by atoms with Crippen molar-refractivity contribution in [3.63, 3.8) is 0 Å². The molecule has 0 atom stereocenters. The van der Waals surface area contributed by atoms with Crippen molar-refractivity contribution in [2.75, 3.05) is 7.11 Å². The van der Waals surface area contributed by atoms with Gasteiger partial charge in [0.15, 0.2) is 10.0 Å². The minimum Gasteiger partial charge on any atom is -0.465 e. The molecule has 1 aromatic carbocycles. The predicted octanol–water partition coefficient (Wildman–Crippen LogP) is 3.43. The number of hydrogen-bond acceptors (Lipinski definition) is 8. The summed E-state index contributed by atoms with van der Waals surface area (Å²) in [7, 11) is 1.27. The van der Waals surface area contributed by atoms with E-state index >= 15 is 0 Å². The van der Waals surface area contributed by atoms with Gasteiger partial charge in [-0.1, -0.05) is 22.9 Å². The van der Waals surface area contributed by atoms with Crippen molar-refractivity contribution in [1.82, 2.24) is 15.2 Å². The fourth-order valence-electron chi connectivity index (χ4n) is 1.61. The van der Waals surface area contributed by atoms with Crippen LogP contribution in [-0.4, -0.2) is 28.3 Å². The van der Waals surface area contributed by atoms with Crippen LogP contribution in [0.1, 0.15) is 9.67 Å². The third kappa shape index (κ3) is 2.92. The molecule has 0 radical (unpaired) electrons. The summed E-state index contributed by atoms with van der Waals surface area (Å²) in [5.41, 5.74) is 0.761. The first-order valence-electron chi connectivity index (χ1n) is 5.96. The number of esters is 1. The largest absolute Gasteiger partial charge is 0.465 e. The number of hydrogen-bond donors (Lipinski definition) is 0. The molecule has 0 N–H and O–H groups in total. The number of carbonyl (C=O) groups excluding carboxylic acids is 1. The van der Waals surface area contributed by atoms with Crippen LogP contribution in [0.25, 0.3) is 11.5 Å². The Morgan fingerprint density at radius 3 is 2.73 bits per heavy atom. The molecule has 0 amide bonds. The maximum atomic E-state index is 11.5. The number of methoxy groups -OCH3 is 1. The van der Waals surface area contributed by atoms with Gasteiger partial charge in [-0.15, -0.1) is 10.2 Å². The van der Waals surface area contributed by atoms with Gasteiger partial charge in [-0.05, 0) is 24.3 Å². The zero-order valence-electron chi connectivity index (χ0n) is 11.1. The second kappa shape index (κ2) is 6.12. The molecule has 7 nitrogen and oxygen atoms in total. The molecule has 3 aromatic rings. The number of aromatic nitrogens is 3. The topological polar surface area (TPSA) is 87.3 Å². The summed E-state index contributed by atoms with van der Waals surface area (Å²) in [5.74, 6) is 0.394. The summed E-state index contributed by atoms with van der Waals surface area (Å²) in [6, 6.07) is 6.96. The molecule has 0 bridgehead atoms. The Hall–Kier alpha value is -2.45. The van der Waals surface area contributed by atoms with Gasteiger partial charge in [0.25, 0.3) is 5.19 Å². The summed E-state index contributed by atoms with van der Waals surface area (Å²) < 4.78 is 15.3. The van der Waals surface area contributed by atoms with Crippen molar-refractivity contribution in [2.45, 2.75) is 0 Å². The Morgan fingerprint density at radius 2 is 2.09 bits per heavy atom. The standard InChI is InChI=1S/C13H8ClN3O4S/c1-19-12(18)9-10(14)16-13(22-9)21-8-4-2-7(3-5-8)11-17-15-6-20-11/h2-6H,1H3. The molecular weight excluding hydrogens is 330 g/mol. The van der Waals surface area contributed by atoms with E-state index in [1.165, 1.54) is 13.5 Å². The van der Waals surface area contributed by atoms with Crippen molar-refractivity contribution in [3.8, 4) is 22.4 Å². The average molecular weight is 338 g/mol. The van der Waals surface area contributed by atoms with E-state index < -0.39 is 5.97 Å². The molecule has 0 aliphatic carbocycles. The van der Waals surface area contributed by atoms with Crippen LogP contribution < -0.4 is 4.74 Å². The van der Waals surface area contributed by atoms with E-state index in [0.29, 0.717) is 11.6 Å². The lowest BCUT2D eigenvalue weighted by atomic mass is 10.2. The van der Waals surface area contributed by atoms with Crippen molar-refractivity contribution in [1.29, 1.82) is 0 Å². The molecule has 0 aliphatic heterocycles. The Kier molecular flexibility index (Phi) is 4.03. The highest BCUT2D eigenvalue weighted by Gasteiger charge is 2.18. The third-order valence-corrected chi connectivity index (χ3v) is 3.90. The summed E-state index contributed by atoms with van der Waals surface area (Å²) in [5, 5.41) is 7.71. The first-order chi connectivity index (χ1) is 10.7. The van der Waals surface area contributed by atoms with Gasteiger partial charge in [0, 0.05) is 5.56 Å². The van der Waals surface area contributed by atoms with Crippen LogP contribution >= 0.6 is 22.9 Å². The van der Waals surface area contributed by atoms with E-state index in [-0.39, 0.29) is 15.2 Å². The molecule has 0 aliphatic rings. The molecule has 0 spiro atoms. The lowest BCUT2D eigenvalue weighted by molar-refractivity contribution is 0.0606. The first kappa shape index (κ1) is 14.5. The van der Waals surface area contributed by atoms with E-state index in [0.717, 1.165) is 16.9 Å². The number of benzene rings is 1. The number of rotatable bonds is 4. The van der Waals surface area contributed by atoms with Crippen molar-refractivity contribution < 1.29 is 18.7 Å². The van der Waals surface area contributed by atoms with Crippen molar-refractivity contribution >= 4 is 28.9 Å². The van der Waals surface area contributed by atoms with E-state index in [2.05, 4.69) is 19.9 Å². The zero-order chi connectivity index (χ0) is 15.5. The predicted molar refractivity (Wildman–Crippen MR) is 78.3 cm³/mol. The smallest absolute Gasteiger partial charge is 0.351 e. The number of thiazole rings is 1. The molecule has 112 valence electrons. The van der Waals surface area contributed by atoms with Gasteiger partial charge in [0.2, 0.25) is 12.3 Å². The van der Waals surface area contributed by atoms with E-state index in [9.17, 15) is 4.79 Å². The second-order valence-corrected chi connectivity index (χ2v) is 5.28. The lowest BCUT2D eigenvalue weighted by Gasteiger charge is -2.01. The first-order valence-corrected chi connectivity index (χ1v) is 7.16. The van der Waals surface area contributed by atoms with Gasteiger partial charge in [0.05, 0.1) is 7.11 Å². The Morgan fingerprint density at radius 1 is 1.32 bits per heavy atom. The normalized spacial score (nSPS) is 10.5. The highest BCUT2D eigenvalue weighted by Crippen LogP contribution is 2.33. The monoisotopic (exact) mass is 337 g/mol. The van der Waals surface area contributed by atoms with Gasteiger partial charge in [-0.25, -0.2) is 4.79 Å². The molecule has 0 saturated carbocycles. The molecule has 0 saturated heterocycles. The quantitative estimate of drug-likeness (QED) is 0.674. The highest BCUT2D eigenvalue weighted by atomic mass is 35.5. The van der Waals surface area contributed by atoms with Crippen LogP contribution in [-0.2, 0) is 4.74 Å². The maximum absolute atomic E-state index is 11.5. The van der Waals surface area contributed by atoms with Gasteiger partial charge in [0.1, 0.15) is 5.75 Å². The molecule has 0 fully saturated rings. The Labute approximate surface area is 133 Å². The minimum absolute atomic E-state index is 0.0503. The minimum atomic E-state index is -0.552. The summed E-state index contributed by atoms with van der Waals surface area (Å²) >= 11 is 6.88. The molecule has 0 unspecified atom stereocenters. The fraction of sp³-hybridized carbons (Fsp3) is 0.0769. The molecule has 2 heterocycles. The summed E-state index contributed by atoms with van der Waals surface area (Å²) in [6.07, 6.45) is 1.26. The molecule has 9 heteroatoms. The number of halogens is 1. The van der Waals surface area contributed by atoms with E-state index in [4.69, 9.17) is 20.8 Å². The summed E-state index contributed by atoms with van der Waals surface area (Å²) in [6.45, 7) is 0. The van der Waals surface area contributed by atoms with Crippen LogP contribution in [0.5, 0.6) is 10.9 Å². The van der Waals surface area contributed by atoms with Gasteiger partial charge in [-0.2, -0.15) is 4.98 Å². The van der Waals surface area contributed by atoms with Crippen LogP contribution in [0.3, 0.4) is 0 Å².